The van der Waals surface area contributed by atoms with E-state index in [9.17, 15) is 4.79 Å². The summed E-state index contributed by atoms with van der Waals surface area (Å²) in [6, 6.07) is 8.39. The molecule has 1 atom stereocenters. The van der Waals surface area contributed by atoms with Crippen LogP contribution in [0.25, 0.3) is 0 Å². The third-order valence-electron chi connectivity index (χ3n) is 3.59. The number of hydrogen-bond donors (Lipinski definition) is 1. The average Bonchev–Trinajstić information content (AvgIpc) is 2.53. The molecular formula is C17H28N2O2. The summed E-state index contributed by atoms with van der Waals surface area (Å²) in [6.07, 6.45) is 2.19. The third kappa shape index (κ3) is 5.76. The van der Waals surface area contributed by atoms with E-state index in [1.54, 1.807) is 11.9 Å². The van der Waals surface area contributed by atoms with E-state index in [1.807, 2.05) is 19.1 Å². The molecule has 0 fully saturated rings. The highest BCUT2D eigenvalue weighted by Gasteiger charge is 2.09. The molecule has 21 heavy (non-hydrogen) atoms. The first-order chi connectivity index (χ1) is 10.1. The lowest BCUT2D eigenvalue weighted by Gasteiger charge is -2.18. The first-order valence-corrected chi connectivity index (χ1v) is 7.82. The minimum atomic E-state index is -0.00220. The number of nitrogens with zero attached hydrogens (tertiary/aromatic N) is 1. The third-order valence-corrected chi connectivity index (χ3v) is 3.59. The van der Waals surface area contributed by atoms with Crippen molar-refractivity contribution in [2.24, 2.45) is 0 Å². The predicted molar refractivity (Wildman–Crippen MR) is 86.6 cm³/mol. The molecule has 0 aliphatic carbocycles. The van der Waals surface area contributed by atoms with E-state index in [4.69, 9.17) is 4.74 Å². The van der Waals surface area contributed by atoms with Crippen LogP contribution in [-0.4, -0.2) is 37.6 Å². The molecule has 0 heterocycles. The molecule has 1 amide bonds. The summed E-state index contributed by atoms with van der Waals surface area (Å²) < 4.78 is 5.53. The van der Waals surface area contributed by atoms with Crippen LogP contribution in [0.1, 0.15) is 45.2 Å². The summed E-state index contributed by atoms with van der Waals surface area (Å²) >= 11 is 0. The SMILES string of the molecule is CCCNC(CC)c1ccc(OCC(=O)N(C)CC)cc1. The Morgan fingerprint density at radius 1 is 1.24 bits per heavy atom. The zero-order valence-corrected chi connectivity index (χ0v) is 13.7. The van der Waals surface area contributed by atoms with Gasteiger partial charge < -0.3 is 15.0 Å². The molecule has 0 bridgehead atoms. The molecule has 1 aromatic rings. The summed E-state index contributed by atoms with van der Waals surface area (Å²) in [7, 11) is 1.78. The number of likely N-dealkylation sites (N-methyl/N-ethyl adjacent to an activating group) is 1. The van der Waals surface area contributed by atoms with Crippen LogP contribution in [0, 0.1) is 0 Å². The molecule has 0 aliphatic heterocycles. The molecule has 0 radical (unpaired) electrons. The largest absolute Gasteiger partial charge is 0.484 e. The summed E-state index contributed by atoms with van der Waals surface area (Å²) in [6.45, 7) is 8.10. The van der Waals surface area contributed by atoms with Gasteiger partial charge >= 0.3 is 0 Å². The smallest absolute Gasteiger partial charge is 0.260 e. The lowest BCUT2D eigenvalue weighted by molar-refractivity contribution is -0.131. The van der Waals surface area contributed by atoms with E-state index >= 15 is 0 Å². The highest BCUT2D eigenvalue weighted by Crippen LogP contribution is 2.20. The second kappa shape index (κ2) is 9.40. The number of benzene rings is 1. The van der Waals surface area contributed by atoms with Gasteiger partial charge in [0.05, 0.1) is 0 Å². The molecule has 0 aromatic heterocycles. The Bertz CT molecular complexity index is 417. The zero-order valence-electron chi connectivity index (χ0n) is 13.7. The van der Waals surface area contributed by atoms with Crippen molar-refractivity contribution in [1.29, 1.82) is 0 Å². The van der Waals surface area contributed by atoms with Crippen molar-refractivity contribution in [1.82, 2.24) is 10.2 Å². The van der Waals surface area contributed by atoms with E-state index < -0.39 is 0 Å². The normalized spacial score (nSPS) is 12.0. The van der Waals surface area contributed by atoms with Gasteiger partial charge in [-0.05, 0) is 44.0 Å². The number of rotatable bonds is 9. The van der Waals surface area contributed by atoms with E-state index in [0.29, 0.717) is 12.6 Å². The van der Waals surface area contributed by atoms with Gasteiger partial charge in [-0.25, -0.2) is 0 Å². The van der Waals surface area contributed by atoms with Gasteiger partial charge in [0.25, 0.3) is 5.91 Å². The predicted octanol–water partition coefficient (Wildman–Crippen LogP) is 2.99. The Hall–Kier alpha value is -1.55. The van der Waals surface area contributed by atoms with Crippen LogP contribution in [-0.2, 0) is 4.79 Å². The minimum Gasteiger partial charge on any atom is -0.484 e. The second-order valence-corrected chi connectivity index (χ2v) is 5.18. The molecule has 0 aliphatic rings. The van der Waals surface area contributed by atoms with Crippen molar-refractivity contribution < 1.29 is 9.53 Å². The topological polar surface area (TPSA) is 41.6 Å². The molecular weight excluding hydrogens is 264 g/mol. The number of carbonyl (C=O) groups is 1. The van der Waals surface area contributed by atoms with Crippen molar-refractivity contribution in [3.05, 3.63) is 29.8 Å². The molecule has 0 spiro atoms. The highest BCUT2D eigenvalue weighted by atomic mass is 16.5. The van der Waals surface area contributed by atoms with E-state index in [-0.39, 0.29) is 12.5 Å². The number of amides is 1. The fraction of sp³-hybridized carbons (Fsp3) is 0.588. The van der Waals surface area contributed by atoms with Crippen molar-refractivity contribution >= 4 is 5.91 Å². The van der Waals surface area contributed by atoms with E-state index in [0.717, 1.165) is 25.1 Å². The van der Waals surface area contributed by atoms with Crippen LogP contribution in [0.15, 0.2) is 24.3 Å². The summed E-state index contributed by atoms with van der Waals surface area (Å²) in [5.41, 5.74) is 1.26. The molecule has 0 saturated carbocycles. The lowest BCUT2D eigenvalue weighted by Crippen LogP contribution is -2.31. The van der Waals surface area contributed by atoms with Crippen LogP contribution >= 0.6 is 0 Å². The van der Waals surface area contributed by atoms with E-state index in [2.05, 4.69) is 31.3 Å². The Kier molecular flexibility index (Phi) is 7.83. The molecule has 1 rings (SSSR count). The van der Waals surface area contributed by atoms with Crippen LogP contribution in [0.3, 0.4) is 0 Å². The fourth-order valence-electron chi connectivity index (χ4n) is 2.04. The second-order valence-electron chi connectivity index (χ2n) is 5.18. The average molecular weight is 292 g/mol. The maximum Gasteiger partial charge on any atom is 0.260 e. The van der Waals surface area contributed by atoms with Crippen LogP contribution in [0.4, 0.5) is 0 Å². The number of ether oxygens (including phenoxy) is 1. The summed E-state index contributed by atoms with van der Waals surface area (Å²) in [5, 5.41) is 3.53. The van der Waals surface area contributed by atoms with Crippen molar-refractivity contribution in [3.63, 3.8) is 0 Å². The zero-order chi connectivity index (χ0) is 15.7. The minimum absolute atomic E-state index is 0.00220. The molecule has 1 aromatic carbocycles. The fourth-order valence-corrected chi connectivity index (χ4v) is 2.04. The van der Waals surface area contributed by atoms with Gasteiger partial charge in [0.2, 0.25) is 0 Å². The quantitative estimate of drug-likeness (QED) is 0.761. The van der Waals surface area contributed by atoms with Gasteiger partial charge in [-0.15, -0.1) is 0 Å². The van der Waals surface area contributed by atoms with Crippen LogP contribution in [0.2, 0.25) is 0 Å². The highest BCUT2D eigenvalue weighted by molar-refractivity contribution is 5.77. The lowest BCUT2D eigenvalue weighted by atomic mass is 10.0. The standard InChI is InChI=1S/C17H28N2O2/c1-5-12-18-16(6-2)14-8-10-15(11-9-14)21-13-17(20)19(4)7-3/h8-11,16,18H,5-7,12-13H2,1-4H3. The van der Waals surface area contributed by atoms with Gasteiger partial charge in [-0.2, -0.15) is 0 Å². The summed E-state index contributed by atoms with van der Waals surface area (Å²) in [4.78, 5) is 13.3. The Balaban J connectivity index is 2.55. The molecule has 4 nitrogen and oxygen atoms in total. The first-order valence-electron chi connectivity index (χ1n) is 7.82. The van der Waals surface area contributed by atoms with Crippen LogP contribution < -0.4 is 10.1 Å². The molecule has 4 heteroatoms. The summed E-state index contributed by atoms with van der Waals surface area (Å²) in [5.74, 6) is 0.736. The maximum absolute atomic E-state index is 11.7. The Labute approximate surface area is 128 Å². The van der Waals surface area contributed by atoms with Gasteiger partial charge in [0.1, 0.15) is 5.75 Å². The Morgan fingerprint density at radius 3 is 2.43 bits per heavy atom. The van der Waals surface area contributed by atoms with Crippen LogP contribution in [0.5, 0.6) is 5.75 Å². The Morgan fingerprint density at radius 2 is 1.90 bits per heavy atom. The number of carbonyl (C=O) groups excluding carboxylic acids is 1. The molecule has 1 unspecified atom stereocenters. The van der Waals surface area contributed by atoms with E-state index in [1.165, 1.54) is 5.56 Å². The molecule has 0 saturated heterocycles. The number of hydrogen-bond acceptors (Lipinski definition) is 3. The van der Waals surface area contributed by atoms with Crippen molar-refractivity contribution in [2.75, 3.05) is 26.7 Å². The molecule has 1 N–H and O–H groups in total. The van der Waals surface area contributed by atoms with Gasteiger partial charge in [0, 0.05) is 19.6 Å². The van der Waals surface area contributed by atoms with Gasteiger partial charge in [0.15, 0.2) is 6.61 Å². The van der Waals surface area contributed by atoms with Gasteiger partial charge in [-0.1, -0.05) is 26.0 Å². The first kappa shape index (κ1) is 17.5. The molecule has 118 valence electrons. The monoisotopic (exact) mass is 292 g/mol. The maximum atomic E-state index is 11.7. The van der Waals surface area contributed by atoms with Gasteiger partial charge in [-0.3, -0.25) is 4.79 Å². The number of nitrogens with one attached hydrogen (secondary N) is 1. The van der Waals surface area contributed by atoms with Crippen molar-refractivity contribution in [3.8, 4) is 5.75 Å². The van der Waals surface area contributed by atoms with Crippen molar-refractivity contribution in [2.45, 2.75) is 39.7 Å².